The van der Waals surface area contributed by atoms with Gasteiger partial charge in [0.15, 0.2) is 4.34 Å². The molecule has 0 atom stereocenters. The number of amides is 2. The van der Waals surface area contributed by atoms with Crippen molar-refractivity contribution in [3.63, 3.8) is 0 Å². The molecule has 0 saturated carbocycles. The molecule has 1 aromatic heterocycles. The Morgan fingerprint density at radius 3 is 2.42 bits per heavy atom. The van der Waals surface area contributed by atoms with Crippen molar-refractivity contribution in [2.45, 2.75) is 10.9 Å². The lowest BCUT2D eigenvalue weighted by atomic mass is 10.1. The van der Waals surface area contributed by atoms with E-state index >= 15 is 0 Å². The van der Waals surface area contributed by atoms with Gasteiger partial charge in [-0.2, -0.15) is 0 Å². The van der Waals surface area contributed by atoms with E-state index in [0.717, 1.165) is 20.1 Å². The number of thiazole rings is 1. The van der Waals surface area contributed by atoms with Crippen LogP contribution in [0.25, 0.3) is 10.2 Å². The highest BCUT2D eigenvalue weighted by Crippen LogP contribution is 2.31. The van der Waals surface area contributed by atoms with Gasteiger partial charge in [-0.25, -0.2) is 9.78 Å². The van der Waals surface area contributed by atoms with Crippen LogP contribution >= 0.6 is 23.1 Å². The summed E-state index contributed by atoms with van der Waals surface area (Å²) in [5, 5.41) is 14.9. The number of thioether (sulfide) groups is 1. The van der Waals surface area contributed by atoms with Gasteiger partial charge in [-0.3, -0.25) is 9.59 Å². The predicted molar refractivity (Wildman–Crippen MR) is 130 cm³/mol. The van der Waals surface area contributed by atoms with Gasteiger partial charge in [-0.1, -0.05) is 54.2 Å². The highest BCUT2D eigenvalue weighted by atomic mass is 32.2. The van der Waals surface area contributed by atoms with Crippen LogP contribution in [-0.2, 0) is 11.3 Å². The van der Waals surface area contributed by atoms with Gasteiger partial charge in [0.1, 0.15) is 0 Å². The lowest BCUT2D eigenvalue weighted by Crippen LogP contribution is -2.24. The molecule has 3 aromatic carbocycles. The number of nitrogens with one attached hydrogen (secondary N) is 2. The molecule has 4 rings (SSSR count). The van der Waals surface area contributed by atoms with Gasteiger partial charge in [0.25, 0.3) is 5.91 Å². The number of carboxylic acids is 1. The van der Waals surface area contributed by atoms with Crippen LogP contribution in [0.3, 0.4) is 0 Å². The van der Waals surface area contributed by atoms with Crippen LogP contribution in [0.1, 0.15) is 26.3 Å². The second-order valence-corrected chi connectivity index (χ2v) is 9.27. The summed E-state index contributed by atoms with van der Waals surface area (Å²) in [6.07, 6.45) is 0. The number of aromatic carboxylic acids is 1. The molecule has 9 heteroatoms. The zero-order valence-corrected chi connectivity index (χ0v) is 18.9. The van der Waals surface area contributed by atoms with E-state index in [1.54, 1.807) is 30.3 Å². The first kappa shape index (κ1) is 22.5. The third-order valence-electron chi connectivity index (χ3n) is 4.69. The van der Waals surface area contributed by atoms with E-state index in [1.807, 2.05) is 30.3 Å². The summed E-state index contributed by atoms with van der Waals surface area (Å²) in [4.78, 5) is 40.6. The largest absolute Gasteiger partial charge is 0.478 e. The summed E-state index contributed by atoms with van der Waals surface area (Å²) < 4.78 is 1.60. The van der Waals surface area contributed by atoms with Crippen LogP contribution in [0.2, 0.25) is 0 Å². The minimum atomic E-state index is -1.16. The first-order valence-electron chi connectivity index (χ1n) is 9.97. The zero-order chi connectivity index (χ0) is 23.2. The SMILES string of the molecule is O=C(CSc1nc2ccc(NC(=O)c3ccccc3C(=O)O)cc2s1)NCc1ccccc1. The van der Waals surface area contributed by atoms with Gasteiger partial charge in [0, 0.05) is 12.2 Å². The highest BCUT2D eigenvalue weighted by Gasteiger charge is 2.16. The first-order valence-corrected chi connectivity index (χ1v) is 11.8. The van der Waals surface area contributed by atoms with Crippen molar-refractivity contribution in [2.24, 2.45) is 0 Å². The van der Waals surface area contributed by atoms with Crippen LogP contribution in [0, 0.1) is 0 Å². The number of carboxylic acid groups (broad SMARTS) is 1. The molecule has 0 saturated heterocycles. The standard InChI is InChI=1S/C24H19N3O4S2/c28-21(25-13-15-6-2-1-3-7-15)14-32-24-27-19-11-10-16(12-20(19)33-24)26-22(29)17-8-4-5-9-18(17)23(30)31/h1-12H,13-14H2,(H,25,28)(H,26,29)(H,30,31). The molecule has 0 radical (unpaired) electrons. The minimum absolute atomic E-state index is 0.0573. The van der Waals surface area contributed by atoms with Crippen molar-refractivity contribution in [1.29, 1.82) is 0 Å². The average molecular weight is 478 g/mol. The fourth-order valence-electron chi connectivity index (χ4n) is 3.08. The van der Waals surface area contributed by atoms with E-state index in [2.05, 4.69) is 15.6 Å². The molecule has 3 N–H and O–H groups in total. The molecular weight excluding hydrogens is 458 g/mol. The van der Waals surface area contributed by atoms with E-state index < -0.39 is 11.9 Å². The van der Waals surface area contributed by atoms with Gasteiger partial charge in [0.2, 0.25) is 5.91 Å². The fraction of sp³-hybridized carbons (Fsp3) is 0.0833. The molecule has 0 aliphatic heterocycles. The molecule has 0 bridgehead atoms. The number of carbonyl (C=O) groups excluding carboxylic acids is 2. The number of benzene rings is 3. The average Bonchev–Trinajstić information content (AvgIpc) is 3.24. The minimum Gasteiger partial charge on any atom is -0.478 e. The molecule has 7 nitrogen and oxygen atoms in total. The molecule has 0 aliphatic rings. The third kappa shape index (κ3) is 5.76. The summed E-state index contributed by atoms with van der Waals surface area (Å²) in [6, 6.07) is 21.0. The lowest BCUT2D eigenvalue weighted by molar-refractivity contribution is -0.118. The Kier molecular flexibility index (Phi) is 7.01. The maximum Gasteiger partial charge on any atom is 0.336 e. The summed E-state index contributed by atoms with van der Waals surface area (Å²) in [7, 11) is 0. The van der Waals surface area contributed by atoms with Gasteiger partial charge in [-0.15, -0.1) is 11.3 Å². The third-order valence-corrected chi connectivity index (χ3v) is 6.85. The molecule has 33 heavy (non-hydrogen) atoms. The van der Waals surface area contributed by atoms with Crippen LogP contribution in [0.15, 0.2) is 77.1 Å². The number of hydrogen-bond acceptors (Lipinski definition) is 6. The van der Waals surface area contributed by atoms with Crippen molar-refractivity contribution < 1.29 is 19.5 Å². The second kappa shape index (κ2) is 10.3. The van der Waals surface area contributed by atoms with Gasteiger partial charge in [0.05, 0.1) is 27.1 Å². The van der Waals surface area contributed by atoms with Gasteiger partial charge >= 0.3 is 5.97 Å². The lowest BCUT2D eigenvalue weighted by Gasteiger charge is -2.07. The number of carbonyl (C=O) groups is 3. The van der Waals surface area contributed by atoms with Crippen LogP contribution < -0.4 is 10.6 Å². The Labute approximate surface area is 197 Å². The summed E-state index contributed by atoms with van der Waals surface area (Å²) in [5.74, 6) is -1.48. The zero-order valence-electron chi connectivity index (χ0n) is 17.3. The normalized spacial score (nSPS) is 10.7. The number of anilines is 1. The Morgan fingerprint density at radius 1 is 0.939 bits per heavy atom. The quantitative estimate of drug-likeness (QED) is 0.319. The fourth-order valence-corrected chi connectivity index (χ4v) is 5.02. The Morgan fingerprint density at radius 2 is 1.67 bits per heavy atom. The Hall–Kier alpha value is -3.69. The molecule has 166 valence electrons. The van der Waals surface area contributed by atoms with Crippen molar-refractivity contribution in [2.75, 3.05) is 11.1 Å². The van der Waals surface area contributed by atoms with E-state index in [9.17, 15) is 19.5 Å². The number of nitrogens with zero attached hydrogens (tertiary/aromatic N) is 1. The second-order valence-electron chi connectivity index (χ2n) is 7.02. The molecule has 0 spiro atoms. The molecule has 4 aromatic rings. The van der Waals surface area contributed by atoms with Gasteiger partial charge in [-0.05, 0) is 35.9 Å². The monoisotopic (exact) mass is 477 g/mol. The summed E-state index contributed by atoms with van der Waals surface area (Å²) in [6.45, 7) is 0.480. The van der Waals surface area contributed by atoms with Crippen LogP contribution in [0.5, 0.6) is 0 Å². The summed E-state index contributed by atoms with van der Waals surface area (Å²) in [5.41, 5.74) is 2.37. The molecule has 0 aliphatic carbocycles. The highest BCUT2D eigenvalue weighted by molar-refractivity contribution is 8.01. The van der Waals surface area contributed by atoms with E-state index in [4.69, 9.17) is 0 Å². The molecule has 1 heterocycles. The topological polar surface area (TPSA) is 108 Å². The molecule has 0 fully saturated rings. The predicted octanol–water partition coefficient (Wildman–Crippen LogP) is 4.66. The maximum absolute atomic E-state index is 12.6. The van der Waals surface area contributed by atoms with Crippen molar-refractivity contribution >= 4 is 56.8 Å². The first-order chi connectivity index (χ1) is 16.0. The van der Waals surface area contributed by atoms with Crippen LogP contribution in [-0.4, -0.2) is 33.6 Å². The smallest absolute Gasteiger partial charge is 0.336 e. The number of aromatic nitrogens is 1. The summed E-state index contributed by atoms with van der Waals surface area (Å²) >= 11 is 2.78. The number of fused-ring (bicyclic) bond motifs is 1. The number of hydrogen-bond donors (Lipinski definition) is 3. The van der Waals surface area contributed by atoms with Crippen LogP contribution in [0.4, 0.5) is 5.69 Å². The van der Waals surface area contributed by atoms with Crippen molar-refractivity contribution in [1.82, 2.24) is 10.3 Å². The van der Waals surface area contributed by atoms with E-state index in [1.165, 1.54) is 35.2 Å². The van der Waals surface area contributed by atoms with E-state index in [0.29, 0.717) is 12.2 Å². The van der Waals surface area contributed by atoms with Gasteiger partial charge < -0.3 is 15.7 Å². The Balaban J connectivity index is 1.38. The number of rotatable bonds is 8. The molecular formula is C24H19N3O4S2. The maximum atomic E-state index is 12.6. The van der Waals surface area contributed by atoms with E-state index in [-0.39, 0.29) is 22.8 Å². The molecule has 2 amide bonds. The Bertz CT molecular complexity index is 1320. The van der Waals surface area contributed by atoms with Crippen molar-refractivity contribution in [3.05, 3.63) is 89.5 Å². The van der Waals surface area contributed by atoms with Crippen molar-refractivity contribution in [3.8, 4) is 0 Å². The molecule has 0 unspecified atom stereocenters.